The highest BCUT2D eigenvalue weighted by molar-refractivity contribution is 5.31. The van der Waals surface area contributed by atoms with E-state index >= 15 is 0 Å². The summed E-state index contributed by atoms with van der Waals surface area (Å²) in [5.74, 6) is 0.664. The Bertz CT molecular complexity index is 600. The number of aromatic nitrogens is 1. The molecule has 1 aliphatic rings. The summed E-state index contributed by atoms with van der Waals surface area (Å²) < 4.78 is 5.17. The van der Waals surface area contributed by atoms with E-state index in [-0.39, 0.29) is 0 Å². The molecule has 0 amide bonds. The Hall–Kier alpha value is -1.91. The summed E-state index contributed by atoms with van der Waals surface area (Å²) in [5.41, 5.74) is 3.99. The molecular weight excluding hydrogens is 262 g/mol. The number of hydrogen-bond donors (Lipinski definition) is 2. The molecule has 1 aromatic heterocycles. The van der Waals surface area contributed by atoms with Crippen LogP contribution in [0.3, 0.4) is 0 Å². The van der Waals surface area contributed by atoms with Crippen molar-refractivity contribution in [1.82, 2.24) is 15.6 Å². The molecule has 0 spiro atoms. The molecule has 0 radical (unpaired) electrons. The monoisotopic (exact) mass is 283 g/mol. The molecule has 2 heterocycles. The minimum atomic E-state index is 0.385. The molecule has 0 fully saturated rings. The van der Waals surface area contributed by atoms with Gasteiger partial charge in [-0.2, -0.15) is 0 Å². The molecule has 21 heavy (non-hydrogen) atoms. The van der Waals surface area contributed by atoms with Crippen LogP contribution in [0.1, 0.15) is 29.2 Å². The van der Waals surface area contributed by atoms with Gasteiger partial charge in [0.05, 0.1) is 7.11 Å². The van der Waals surface area contributed by atoms with Crippen LogP contribution in [0.4, 0.5) is 0 Å². The first-order valence-corrected chi connectivity index (χ1v) is 7.37. The predicted molar refractivity (Wildman–Crippen MR) is 83.1 cm³/mol. The van der Waals surface area contributed by atoms with E-state index in [9.17, 15) is 0 Å². The second kappa shape index (κ2) is 6.70. The fraction of sp³-hybridized carbons (Fsp3) is 0.353. The molecule has 0 saturated heterocycles. The lowest BCUT2D eigenvalue weighted by atomic mass is 9.99. The van der Waals surface area contributed by atoms with E-state index in [4.69, 9.17) is 4.74 Å². The number of fused-ring (bicyclic) bond motifs is 1. The van der Waals surface area contributed by atoms with Gasteiger partial charge < -0.3 is 15.4 Å². The van der Waals surface area contributed by atoms with Crippen LogP contribution in [-0.2, 0) is 13.1 Å². The second-order valence-electron chi connectivity index (χ2n) is 5.30. The minimum absolute atomic E-state index is 0.385. The first kappa shape index (κ1) is 14.0. The van der Waals surface area contributed by atoms with Crippen LogP contribution in [0, 0.1) is 0 Å². The minimum Gasteiger partial charge on any atom is -0.481 e. The molecular formula is C17H21N3O. The van der Waals surface area contributed by atoms with Crippen molar-refractivity contribution < 1.29 is 4.74 Å². The van der Waals surface area contributed by atoms with Crippen molar-refractivity contribution in [2.45, 2.75) is 25.6 Å². The number of benzene rings is 1. The normalized spacial score (nSPS) is 17.9. The van der Waals surface area contributed by atoms with Gasteiger partial charge >= 0.3 is 0 Å². The molecule has 110 valence electrons. The molecule has 2 N–H and O–H groups in total. The Kier molecular flexibility index (Phi) is 4.48. The lowest BCUT2D eigenvalue weighted by molar-refractivity contribution is 0.396. The molecule has 4 nitrogen and oxygen atoms in total. The molecule has 4 heteroatoms. The second-order valence-corrected chi connectivity index (χ2v) is 5.30. The third-order valence-corrected chi connectivity index (χ3v) is 3.92. The number of nitrogens with zero attached hydrogens (tertiary/aromatic N) is 1. The smallest absolute Gasteiger partial charge is 0.213 e. The van der Waals surface area contributed by atoms with Crippen LogP contribution in [0.15, 0.2) is 42.6 Å². The van der Waals surface area contributed by atoms with Gasteiger partial charge in [-0.1, -0.05) is 24.3 Å². The van der Waals surface area contributed by atoms with Crippen LogP contribution in [0.25, 0.3) is 0 Å². The van der Waals surface area contributed by atoms with Crippen molar-refractivity contribution in [2.24, 2.45) is 0 Å². The molecule has 0 bridgehead atoms. The van der Waals surface area contributed by atoms with E-state index in [0.717, 1.165) is 26.1 Å². The first-order valence-electron chi connectivity index (χ1n) is 7.37. The fourth-order valence-corrected chi connectivity index (χ4v) is 2.79. The lowest BCUT2D eigenvalue weighted by Crippen LogP contribution is -2.22. The summed E-state index contributed by atoms with van der Waals surface area (Å²) in [4.78, 5) is 4.14. The number of ether oxygens (including phenoxy) is 1. The quantitative estimate of drug-likeness (QED) is 0.904. The average molecular weight is 283 g/mol. The lowest BCUT2D eigenvalue weighted by Gasteiger charge is -2.19. The molecule has 0 aliphatic carbocycles. The van der Waals surface area contributed by atoms with Crippen molar-refractivity contribution in [3.8, 4) is 5.88 Å². The van der Waals surface area contributed by atoms with E-state index in [1.807, 2.05) is 12.1 Å². The maximum absolute atomic E-state index is 5.17. The van der Waals surface area contributed by atoms with Crippen LogP contribution in [0.2, 0.25) is 0 Å². The van der Waals surface area contributed by atoms with E-state index in [2.05, 4.69) is 39.9 Å². The summed E-state index contributed by atoms with van der Waals surface area (Å²) in [7, 11) is 1.65. The van der Waals surface area contributed by atoms with Crippen LogP contribution < -0.4 is 15.4 Å². The standard InChI is InChI=1S/C17H21N3O/c1-21-17-10-13(6-9-19-17)11-20-16-7-8-18-12-14-4-2-3-5-15(14)16/h2-6,9-10,16,18,20H,7-8,11-12H2,1H3. The Morgan fingerprint density at radius 2 is 2.24 bits per heavy atom. The average Bonchev–Trinajstić information content (AvgIpc) is 2.75. The Morgan fingerprint density at radius 1 is 1.33 bits per heavy atom. The van der Waals surface area contributed by atoms with E-state index in [1.165, 1.54) is 16.7 Å². The Labute approximate surface area is 125 Å². The zero-order valence-corrected chi connectivity index (χ0v) is 12.3. The highest BCUT2D eigenvalue weighted by atomic mass is 16.5. The largest absolute Gasteiger partial charge is 0.481 e. The van der Waals surface area contributed by atoms with Crippen LogP contribution in [-0.4, -0.2) is 18.6 Å². The van der Waals surface area contributed by atoms with Crippen molar-refractivity contribution >= 4 is 0 Å². The zero-order valence-electron chi connectivity index (χ0n) is 12.3. The van der Waals surface area contributed by atoms with Gasteiger partial charge in [-0.25, -0.2) is 4.98 Å². The van der Waals surface area contributed by atoms with Crippen LogP contribution in [0.5, 0.6) is 5.88 Å². The summed E-state index contributed by atoms with van der Waals surface area (Å²) >= 11 is 0. The summed E-state index contributed by atoms with van der Waals surface area (Å²) in [6.07, 6.45) is 2.89. The van der Waals surface area contributed by atoms with Gasteiger partial charge in [0.1, 0.15) is 0 Å². The van der Waals surface area contributed by atoms with E-state index < -0.39 is 0 Å². The molecule has 0 saturated carbocycles. The molecule has 1 atom stereocenters. The fourth-order valence-electron chi connectivity index (χ4n) is 2.79. The molecule has 1 unspecified atom stereocenters. The SMILES string of the molecule is COc1cc(CNC2CCNCc3ccccc32)ccn1. The third kappa shape index (κ3) is 3.40. The highest BCUT2D eigenvalue weighted by Gasteiger charge is 2.17. The number of methoxy groups -OCH3 is 1. The predicted octanol–water partition coefficient (Wildman–Crippen LogP) is 2.41. The van der Waals surface area contributed by atoms with Crippen molar-refractivity contribution in [2.75, 3.05) is 13.7 Å². The summed E-state index contributed by atoms with van der Waals surface area (Å²) in [5, 5.41) is 7.14. The van der Waals surface area contributed by atoms with Crippen molar-refractivity contribution in [3.05, 3.63) is 59.3 Å². The van der Waals surface area contributed by atoms with Crippen LogP contribution >= 0.6 is 0 Å². The zero-order chi connectivity index (χ0) is 14.5. The number of hydrogen-bond acceptors (Lipinski definition) is 4. The van der Waals surface area contributed by atoms with Gasteiger partial charge in [0.2, 0.25) is 5.88 Å². The van der Waals surface area contributed by atoms with Gasteiger partial charge in [0.15, 0.2) is 0 Å². The first-order chi connectivity index (χ1) is 10.4. The number of pyridine rings is 1. The molecule has 3 rings (SSSR count). The van der Waals surface area contributed by atoms with Gasteiger partial charge in [0.25, 0.3) is 0 Å². The van der Waals surface area contributed by atoms with Gasteiger partial charge in [-0.3, -0.25) is 0 Å². The number of rotatable bonds is 4. The Morgan fingerprint density at radius 3 is 3.14 bits per heavy atom. The molecule has 1 aliphatic heterocycles. The summed E-state index contributed by atoms with van der Waals surface area (Å²) in [6, 6.07) is 13.1. The van der Waals surface area contributed by atoms with E-state index in [0.29, 0.717) is 11.9 Å². The van der Waals surface area contributed by atoms with Gasteiger partial charge in [0, 0.05) is 31.4 Å². The topological polar surface area (TPSA) is 46.2 Å². The Balaban J connectivity index is 1.72. The summed E-state index contributed by atoms with van der Waals surface area (Å²) in [6.45, 7) is 2.81. The van der Waals surface area contributed by atoms with Gasteiger partial charge in [-0.05, 0) is 35.7 Å². The maximum Gasteiger partial charge on any atom is 0.213 e. The maximum atomic E-state index is 5.17. The van der Waals surface area contributed by atoms with Crippen molar-refractivity contribution in [1.29, 1.82) is 0 Å². The third-order valence-electron chi connectivity index (χ3n) is 3.92. The molecule has 1 aromatic carbocycles. The number of nitrogens with one attached hydrogen (secondary N) is 2. The van der Waals surface area contributed by atoms with Crippen molar-refractivity contribution in [3.63, 3.8) is 0 Å². The van der Waals surface area contributed by atoms with E-state index in [1.54, 1.807) is 13.3 Å². The van der Waals surface area contributed by atoms with Gasteiger partial charge in [-0.15, -0.1) is 0 Å². The highest BCUT2D eigenvalue weighted by Crippen LogP contribution is 2.24. The molecule has 2 aromatic rings.